The average Bonchev–Trinajstić information content (AvgIpc) is 2.82. The number of benzene rings is 1. The number of nitrogens with one attached hydrogen (secondary N) is 2. The number of nitrogens with zero attached hydrogens (tertiary/aromatic N) is 2. The van der Waals surface area contributed by atoms with E-state index in [1.807, 2.05) is 12.1 Å². The van der Waals surface area contributed by atoms with Crippen molar-refractivity contribution >= 4 is 34.8 Å². The molecule has 0 radical (unpaired) electrons. The Bertz CT molecular complexity index is 637. The molecule has 0 saturated heterocycles. The minimum Gasteiger partial charge on any atom is -0.273 e. The lowest BCUT2D eigenvalue weighted by molar-refractivity contribution is -0.123. The smallest absolute Gasteiger partial charge is 0.248 e. The van der Waals surface area contributed by atoms with Crippen LogP contribution in [0.25, 0.3) is 0 Å². The first-order chi connectivity index (χ1) is 10.5. The monoisotopic (exact) mass is 320 g/mol. The van der Waals surface area contributed by atoms with Gasteiger partial charge in [-0.25, -0.2) is 10.9 Å². The molecule has 2 rings (SSSR count). The van der Waals surface area contributed by atoms with Gasteiger partial charge in [0.2, 0.25) is 11.8 Å². The molecule has 116 valence electrons. The molecule has 1 aromatic rings. The molecule has 1 aliphatic rings. The lowest BCUT2D eigenvalue weighted by Crippen LogP contribution is -2.25. The fourth-order valence-corrected chi connectivity index (χ4v) is 2.19. The van der Waals surface area contributed by atoms with E-state index < -0.39 is 0 Å². The van der Waals surface area contributed by atoms with Gasteiger partial charge in [-0.3, -0.25) is 9.59 Å². The van der Waals surface area contributed by atoms with E-state index in [9.17, 15) is 9.59 Å². The van der Waals surface area contributed by atoms with Crippen molar-refractivity contribution in [2.24, 2.45) is 16.1 Å². The summed E-state index contributed by atoms with van der Waals surface area (Å²) in [6, 6.07) is 7.18. The first kappa shape index (κ1) is 16.2. The van der Waals surface area contributed by atoms with Gasteiger partial charge >= 0.3 is 0 Å². The molecule has 0 saturated carbocycles. The van der Waals surface area contributed by atoms with Crippen LogP contribution in [0.2, 0.25) is 5.02 Å². The maximum Gasteiger partial charge on any atom is 0.248 e. The van der Waals surface area contributed by atoms with Crippen LogP contribution in [-0.2, 0) is 9.59 Å². The largest absolute Gasteiger partial charge is 0.273 e. The first-order valence-electron chi connectivity index (χ1n) is 6.90. The second kappa shape index (κ2) is 7.17. The summed E-state index contributed by atoms with van der Waals surface area (Å²) in [5.74, 6) is -0.723. The first-order valence-corrected chi connectivity index (χ1v) is 7.28. The number of rotatable bonds is 5. The predicted molar refractivity (Wildman–Crippen MR) is 85.8 cm³/mol. The highest BCUT2D eigenvalue weighted by molar-refractivity contribution is 6.30. The van der Waals surface area contributed by atoms with Crippen molar-refractivity contribution in [3.05, 3.63) is 34.9 Å². The Morgan fingerprint density at radius 3 is 2.68 bits per heavy atom. The summed E-state index contributed by atoms with van der Waals surface area (Å²) in [4.78, 5) is 23.3. The molecular formula is C15H17ClN4O2. The molecule has 1 atom stereocenters. The Kier molecular flexibility index (Phi) is 5.27. The van der Waals surface area contributed by atoms with Gasteiger partial charge in [0.25, 0.3) is 0 Å². The summed E-state index contributed by atoms with van der Waals surface area (Å²) in [5.41, 5.74) is 7.16. The molecule has 0 spiro atoms. The third-order valence-electron chi connectivity index (χ3n) is 3.43. The summed E-state index contributed by atoms with van der Waals surface area (Å²) in [6.07, 6.45) is 0.630. The average molecular weight is 321 g/mol. The van der Waals surface area contributed by atoms with E-state index >= 15 is 0 Å². The van der Waals surface area contributed by atoms with Crippen LogP contribution in [0.5, 0.6) is 0 Å². The van der Waals surface area contributed by atoms with Gasteiger partial charge < -0.3 is 0 Å². The third kappa shape index (κ3) is 4.14. The highest BCUT2D eigenvalue weighted by Gasteiger charge is 2.26. The Morgan fingerprint density at radius 2 is 2.09 bits per heavy atom. The molecule has 0 unspecified atom stereocenters. The van der Waals surface area contributed by atoms with Crippen LogP contribution in [0, 0.1) is 5.92 Å². The number of carbonyl (C=O) groups excluding carboxylic acids is 2. The van der Waals surface area contributed by atoms with Gasteiger partial charge in [-0.05, 0) is 38.0 Å². The molecule has 22 heavy (non-hydrogen) atoms. The van der Waals surface area contributed by atoms with Crippen molar-refractivity contribution in [3.63, 3.8) is 0 Å². The quantitative estimate of drug-likeness (QED) is 0.643. The van der Waals surface area contributed by atoms with Gasteiger partial charge in [0, 0.05) is 17.2 Å². The topological polar surface area (TPSA) is 82.9 Å². The molecule has 0 fully saturated rings. The van der Waals surface area contributed by atoms with Gasteiger partial charge in [0.1, 0.15) is 0 Å². The Morgan fingerprint density at radius 1 is 1.41 bits per heavy atom. The van der Waals surface area contributed by atoms with Crippen molar-refractivity contribution in [3.8, 4) is 0 Å². The summed E-state index contributed by atoms with van der Waals surface area (Å²) in [5, 5.41) is 8.54. The molecule has 1 heterocycles. The van der Waals surface area contributed by atoms with Crippen molar-refractivity contribution in [2.75, 3.05) is 0 Å². The van der Waals surface area contributed by atoms with E-state index in [1.54, 1.807) is 26.0 Å². The summed E-state index contributed by atoms with van der Waals surface area (Å²) in [6.45, 7) is 3.56. The van der Waals surface area contributed by atoms with Crippen LogP contribution in [0.3, 0.4) is 0 Å². The summed E-state index contributed by atoms with van der Waals surface area (Å²) in [7, 11) is 0. The molecule has 1 aromatic carbocycles. The maximum atomic E-state index is 11.8. The van der Waals surface area contributed by atoms with Crippen LogP contribution in [0.4, 0.5) is 0 Å². The van der Waals surface area contributed by atoms with Gasteiger partial charge in [0.15, 0.2) is 0 Å². The van der Waals surface area contributed by atoms with E-state index in [2.05, 4.69) is 21.1 Å². The minimum atomic E-state index is -0.327. The van der Waals surface area contributed by atoms with Crippen molar-refractivity contribution in [1.82, 2.24) is 10.9 Å². The maximum absolute atomic E-state index is 11.8. The zero-order valence-electron chi connectivity index (χ0n) is 12.4. The second-order valence-corrected chi connectivity index (χ2v) is 5.50. The van der Waals surface area contributed by atoms with Gasteiger partial charge in [-0.2, -0.15) is 10.2 Å². The van der Waals surface area contributed by atoms with Gasteiger partial charge in [-0.15, -0.1) is 0 Å². The van der Waals surface area contributed by atoms with E-state index in [1.165, 1.54) is 0 Å². The number of amides is 2. The zero-order valence-corrected chi connectivity index (χ0v) is 13.1. The van der Waals surface area contributed by atoms with E-state index in [0.29, 0.717) is 22.9 Å². The molecule has 0 aromatic heterocycles. The van der Waals surface area contributed by atoms with Crippen LogP contribution in [-0.4, -0.2) is 23.2 Å². The zero-order chi connectivity index (χ0) is 16.1. The van der Waals surface area contributed by atoms with E-state index in [4.69, 9.17) is 11.6 Å². The molecule has 0 aliphatic carbocycles. The minimum absolute atomic E-state index is 0.161. The number of hydrazone groups is 2. The highest BCUT2D eigenvalue weighted by Crippen LogP contribution is 2.13. The third-order valence-corrected chi connectivity index (χ3v) is 3.69. The number of halogens is 1. The fraction of sp³-hybridized carbons (Fsp3) is 0.333. The highest BCUT2D eigenvalue weighted by atomic mass is 35.5. The molecule has 2 amide bonds. The second-order valence-electron chi connectivity index (χ2n) is 5.06. The normalized spacial score (nSPS) is 18.0. The molecular weight excluding hydrogens is 304 g/mol. The number of hydrogen-bond acceptors (Lipinski definition) is 4. The van der Waals surface area contributed by atoms with Crippen molar-refractivity contribution < 1.29 is 9.59 Å². The Labute approximate surface area is 133 Å². The molecule has 0 bridgehead atoms. The van der Waals surface area contributed by atoms with Gasteiger partial charge in [-0.1, -0.05) is 23.7 Å². The number of hydrogen-bond donors (Lipinski definition) is 2. The SMILES string of the molecule is CC1=NNC(=O)[C@@H]1CCC(=O)N/N=C(/C)c1ccc(Cl)cc1. The molecule has 2 N–H and O–H groups in total. The molecule has 6 nitrogen and oxygen atoms in total. The van der Waals surface area contributed by atoms with Crippen LogP contribution >= 0.6 is 11.6 Å². The summed E-state index contributed by atoms with van der Waals surface area (Å²) >= 11 is 5.82. The van der Waals surface area contributed by atoms with Gasteiger partial charge in [0.05, 0.1) is 11.6 Å². The van der Waals surface area contributed by atoms with E-state index in [-0.39, 0.29) is 24.2 Å². The molecule has 7 heteroatoms. The van der Waals surface area contributed by atoms with Crippen molar-refractivity contribution in [1.29, 1.82) is 0 Å². The predicted octanol–water partition coefficient (Wildman–Crippen LogP) is 2.08. The van der Waals surface area contributed by atoms with E-state index in [0.717, 1.165) is 5.56 Å². The fourth-order valence-electron chi connectivity index (χ4n) is 2.06. The van der Waals surface area contributed by atoms with Crippen molar-refractivity contribution in [2.45, 2.75) is 26.7 Å². The number of carbonyl (C=O) groups is 2. The Balaban J connectivity index is 1.84. The lowest BCUT2D eigenvalue weighted by Gasteiger charge is -2.07. The van der Waals surface area contributed by atoms with Crippen LogP contribution in [0.15, 0.2) is 34.5 Å². The molecule has 1 aliphatic heterocycles. The van der Waals surface area contributed by atoms with Crippen LogP contribution < -0.4 is 10.9 Å². The summed E-state index contributed by atoms with van der Waals surface area (Å²) < 4.78 is 0. The Hall–Kier alpha value is -2.21. The lowest BCUT2D eigenvalue weighted by atomic mass is 9.99. The standard InChI is InChI=1S/C15H17ClN4O2/c1-9(11-3-5-12(16)6-4-11)17-19-14(21)8-7-13-10(2)18-20-15(13)22/h3-6,13H,7-8H2,1-2H3,(H,19,21)(H,20,22)/b17-9-/t13-/m1/s1. The van der Waals surface area contributed by atoms with Crippen LogP contribution in [0.1, 0.15) is 32.3 Å².